The number of hydrogen-bond acceptors (Lipinski definition) is 5. The molecule has 1 amide bonds. The molecule has 2 heterocycles. The molecule has 0 saturated carbocycles. The number of aromatic amines is 1. The maximum Gasteiger partial charge on any atom is 0.306 e. The van der Waals surface area contributed by atoms with Gasteiger partial charge in [-0.05, 0) is 48.6 Å². The summed E-state index contributed by atoms with van der Waals surface area (Å²) in [5, 5.41) is 5.06. The topological polar surface area (TPSA) is 83.5 Å². The van der Waals surface area contributed by atoms with Crippen LogP contribution in [0.3, 0.4) is 0 Å². The fraction of sp³-hybridized carbons (Fsp3) is 0.0500. The monoisotopic (exact) mass is 411 g/mol. The van der Waals surface area contributed by atoms with Gasteiger partial charge >= 0.3 is 4.87 Å². The van der Waals surface area contributed by atoms with Crippen LogP contribution in [0, 0.1) is 0 Å². The van der Waals surface area contributed by atoms with E-state index in [1.54, 1.807) is 49.6 Å². The third kappa shape index (κ3) is 3.76. The molecule has 2 aromatic carbocycles. The van der Waals surface area contributed by atoms with E-state index in [4.69, 9.17) is 16.3 Å². The summed E-state index contributed by atoms with van der Waals surface area (Å²) >= 11 is 7.01. The van der Waals surface area contributed by atoms with E-state index < -0.39 is 0 Å². The Labute approximate surface area is 168 Å². The van der Waals surface area contributed by atoms with Crippen LogP contribution in [0.15, 0.2) is 57.8 Å². The Morgan fingerprint density at radius 2 is 2.07 bits per heavy atom. The second kappa shape index (κ2) is 7.46. The molecule has 0 radical (unpaired) electrons. The average Bonchev–Trinajstić information content (AvgIpc) is 3.01. The molecule has 28 heavy (non-hydrogen) atoms. The van der Waals surface area contributed by atoms with Crippen molar-refractivity contribution in [3.05, 3.63) is 78.2 Å². The van der Waals surface area contributed by atoms with Crippen LogP contribution in [0.1, 0.15) is 4.88 Å². The summed E-state index contributed by atoms with van der Waals surface area (Å²) in [6.45, 7) is 0. The van der Waals surface area contributed by atoms with Crippen molar-refractivity contribution in [2.45, 2.75) is 0 Å². The van der Waals surface area contributed by atoms with Crippen LogP contribution >= 0.6 is 22.9 Å². The maximum absolute atomic E-state index is 12.4. The standard InChI is InChI=1S/C20H14ClN3O3S/c1-27-15-5-6-16-11(8-15)7-12(19(25)23-16)9-17-18(24-20(26)28-17)22-14-4-2-3-13(21)10-14/h2-10,22H,1H3,(H,24,26). The second-order valence-corrected chi connectivity index (χ2v) is 7.43. The normalized spacial score (nSPS) is 14.2. The highest BCUT2D eigenvalue weighted by Gasteiger charge is 2.14. The number of H-pyrrole nitrogens is 1. The van der Waals surface area contributed by atoms with Gasteiger partial charge in [0.1, 0.15) is 11.6 Å². The van der Waals surface area contributed by atoms with Crippen molar-refractivity contribution in [1.82, 2.24) is 4.98 Å². The first-order valence-corrected chi connectivity index (χ1v) is 9.47. The summed E-state index contributed by atoms with van der Waals surface area (Å²) in [6.07, 6.45) is 3.38. The van der Waals surface area contributed by atoms with E-state index in [1.165, 1.54) is 0 Å². The molecule has 1 aromatic heterocycles. The van der Waals surface area contributed by atoms with Gasteiger partial charge in [-0.3, -0.25) is 14.6 Å². The van der Waals surface area contributed by atoms with Crippen LogP contribution in [0.4, 0.5) is 11.5 Å². The molecule has 6 nitrogen and oxygen atoms in total. The Hall–Kier alpha value is -3.16. The zero-order chi connectivity index (χ0) is 19.7. The number of carbonyl (C=O) groups excluding carboxylic acids is 1. The molecule has 0 fully saturated rings. The highest BCUT2D eigenvalue weighted by atomic mass is 35.5. The number of nitrogens with one attached hydrogen (secondary N) is 2. The lowest BCUT2D eigenvalue weighted by molar-refractivity contribution is -0.114. The van der Waals surface area contributed by atoms with Crippen molar-refractivity contribution in [1.29, 1.82) is 0 Å². The molecule has 1 aliphatic rings. The minimum Gasteiger partial charge on any atom is -0.497 e. The molecule has 0 atom stereocenters. The Morgan fingerprint density at radius 3 is 2.86 bits per heavy atom. The van der Waals surface area contributed by atoms with Gasteiger partial charge in [-0.2, -0.15) is 0 Å². The van der Waals surface area contributed by atoms with Gasteiger partial charge in [0.2, 0.25) is 0 Å². The van der Waals surface area contributed by atoms with Crippen LogP contribution < -0.4 is 25.5 Å². The first kappa shape index (κ1) is 18.2. The predicted octanol–water partition coefficient (Wildman–Crippen LogP) is 2.87. The first-order chi connectivity index (χ1) is 13.5. The van der Waals surface area contributed by atoms with Gasteiger partial charge in [-0.25, -0.2) is 4.99 Å². The lowest BCUT2D eigenvalue weighted by atomic mass is 10.1. The van der Waals surface area contributed by atoms with Gasteiger partial charge < -0.3 is 10.1 Å². The van der Waals surface area contributed by atoms with Crippen molar-refractivity contribution in [2.24, 2.45) is 4.99 Å². The number of fused-ring (bicyclic) bond motifs is 1. The molecule has 1 aliphatic heterocycles. The Morgan fingerprint density at radius 1 is 1.21 bits per heavy atom. The van der Waals surface area contributed by atoms with Gasteiger partial charge in [0.05, 0.1) is 17.3 Å². The number of thiazole rings is 1. The molecule has 0 spiro atoms. The molecule has 8 heteroatoms. The Bertz CT molecular complexity index is 1290. The van der Waals surface area contributed by atoms with E-state index in [1.807, 2.05) is 12.1 Å². The largest absolute Gasteiger partial charge is 0.497 e. The van der Waals surface area contributed by atoms with Gasteiger partial charge in [0, 0.05) is 21.5 Å². The summed E-state index contributed by atoms with van der Waals surface area (Å²) in [4.78, 5) is 31.5. The number of amides is 1. The molecule has 0 bridgehead atoms. The van der Waals surface area contributed by atoms with Crippen molar-refractivity contribution in [2.75, 3.05) is 12.4 Å². The Balaban J connectivity index is 1.75. The number of rotatable bonds is 4. The fourth-order valence-corrected chi connectivity index (χ4v) is 3.70. The SMILES string of the molecule is COc1ccc2c(c1)=CC(=Cc1sc(=O)[nH]c1Nc1cccc(Cl)c1)C(=O)N=2. The van der Waals surface area contributed by atoms with Crippen LogP contribution in [0.2, 0.25) is 5.02 Å². The quantitative estimate of drug-likeness (QED) is 0.646. The van der Waals surface area contributed by atoms with Gasteiger partial charge in [-0.15, -0.1) is 0 Å². The maximum atomic E-state index is 12.4. The van der Waals surface area contributed by atoms with Crippen molar-refractivity contribution in [3.63, 3.8) is 0 Å². The molecule has 3 aromatic rings. The lowest BCUT2D eigenvalue weighted by Gasteiger charge is -2.07. The van der Waals surface area contributed by atoms with Gasteiger partial charge in [0.25, 0.3) is 5.91 Å². The average molecular weight is 412 g/mol. The van der Waals surface area contributed by atoms with E-state index >= 15 is 0 Å². The van der Waals surface area contributed by atoms with E-state index in [9.17, 15) is 9.59 Å². The van der Waals surface area contributed by atoms with Gasteiger partial charge in [0.15, 0.2) is 0 Å². The molecule has 0 aliphatic carbocycles. The summed E-state index contributed by atoms with van der Waals surface area (Å²) in [7, 11) is 1.58. The fourth-order valence-electron chi connectivity index (χ4n) is 2.77. The highest BCUT2D eigenvalue weighted by Crippen LogP contribution is 2.25. The van der Waals surface area contributed by atoms with Gasteiger partial charge in [-0.1, -0.05) is 29.0 Å². The van der Waals surface area contributed by atoms with Crippen molar-refractivity contribution in [3.8, 4) is 5.75 Å². The zero-order valence-corrected chi connectivity index (χ0v) is 16.2. The van der Waals surface area contributed by atoms with Crippen LogP contribution in [-0.4, -0.2) is 18.0 Å². The summed E-state index contributed by atoms with van der Waals surface area (Å²) < 4.78 is 5.23. The number of anilines is 2. The highest BCUT2D eigenvalue weighted by molar-refractivity contribution is 7.10. The first-order valence-electron chi connectivity index (χ1n) is 8.28. The van der Waals surface area contributed by atoms with Crippen LogP contribution in [0.25, 0.3) is 12.2 Å². The third-order valence-corrected chi connectivity index (χ3v) is 5.14. The van der Waals surface area contributed by atoms with E-state index in [0.717, 1.165) is 22.2 Å². The van der Waals surface area contributed by atoms with E-state index in [2.05, 4.69) is 15.3 Å². The predicted molar refractivity (Wildman–Crippen MR) is 111 cm³/mol. The van der Waals surface area contributed by atoms with Crippen molar-refractivity contribution >= 4 is 52.5 Å². The minimum absolute atomic E-state index is 0.237. The summed E-state index contributed by atoms with van der Waals surface area (Å²) in [6, 6.07) is 12.4. The Kier molecular flexibility index (Phi) is 4.85. The minimum atomic E-state index is -0.368. The molecule has 0 saturated heterocycles. The number of benzene rings is 2. The number of ether oxygens (including phenoxy) is 1. The third-order valence-electron chi connectivity index (χ3n) is 4.07. The molecular formula is C20H14ClN3O3S. The summed E-state index contributed by atoms with van der Waals surface area (Å²) in [5.41, 5.74) is 1.10. The molecular weight excluding hydrogens is 398 g/mol. The number of methoxy groups -OCH3 is 1. The zero-order valence-electron chi connectivity index (χ0n) is 14.7. The molecule has 0 unspecified atom stereocenters. The number of aromatic nitrogens is 1. The molecule has 140 valence electrons. The lowest BCUT2D eigenvalue weighted by Crippen LogP contribution is -2.30. The number of nitrogens with zero attached hydrogens (tertiary/aromatic N) is 1. The van der Waals surface area contributed by atoms with Crippen LogP contribution in [0.5, 0.6) is 5.75 Å². The summed E-state index contributed by atoms with van der Waals surface area (Å²) in [5.74, 6) is 0.795. The number of halogens is 1. The smallest absolute Gasteiger partial charge is 0.306 e. The molecule has 2 N–H and O–H groups in total. The van der Waals surface area contributed by atoms with Crippen LogP contribution in [-0.2, 0) is 4.79 Å². The van der Waals surface area contributed by atoms with E-state index in [-0.39, 0.29) is 10.8 Å². The number of carbonyl (C=O) groups is 1. The van der Waals surface area contributed by atoms with E-state index in [0.29, 0.717) is 32.4 Å². The molecule has 4 rings (SSSR count). The van der Waals surface area contributed by atoms with Crippen molar-refractivity contribution < 1.29 is 9.53 Å². The second-order valence-electron chi connectivity index (χ2n) is 5.97. The number of hydrogen-bond donors (Lipinski definition) is 2.